The van der Waals surface area contributed by atoms with Gasteiger partial charge in [0.05, 0.1) is 28.6 Å². The molecule has 2 N–H and O–H groups in total. The quantitative estimate of drug-likeness (QED) is 0.680. The number of para-hydroxylation sites is 1. The van der Waals surface area contributed by atoms with Crippen LogP contribution in [0.1, 0.15) is 12.0 Å². The predicted octanol–water partition coefficient (Wildman–Crippen LogP) is 4.47. The van der Waals surface area contributed by atoms with E-state index >= 15 is 0 Å². The van der Waals surface area contributed by atoms with Gasteiger partial charge < -0.3 is 10.6 Å². The number of nitrogens with zero attached hydrogens (tertiary/aromatic N) is 1. The molecular formula is C21H16F3N3O2. The maximum atomic E-state index is 12.8. The molecule has 1 saturated carbocycles. The number of alkyl halides is 3. The fourth-order valence-electron chi connectivity index (χ4n) is 3.21. The molecular weight excluding hydrogens is 383 g/mol. The summed E-state index contributed by atoms with van der Waals surface area (Å²) in [4.78, 5) is 29.1. The molecule has 0 radical (unpaired) electrons. The Hall–Kier alpha value is -3.42. The zero-order chi connectivity index (χ0) is 20.6. The summed E-state index contributed by atoms with van der Waals surface area (Å²) in [6.07, 6.45) is -2.52. The van der Waals surface area contributed by atoms with Crippen molar-refractivity contribution in [2.75, 3.05) is 10.6 Å². The lowest BCUT2D eigenvalue weighted by Crippen LogP contribution is -2.21. The van der Waals surface area contributed by atoms with Crippen LogP contribution in [0.25, 0.3) is 10.9 Å². The van der Waals surface area contributed by atoms with Crippen LogP contribution in [-0.4, -0.2) is 16.8 Å². The Morgan fingerprint density at radius 1 is 0.931 bits per heavy atom. The fourth-order valence-corrected chi connectivity index (χ4v) is 3.21. The van der Waals surface area contributed by atoms with Gasteiger partial charge in [0.1, 0.15) is 0 Å². The van der Waals surface area contributed by atoms with E-state index in [4.69, 9.17) is 0 Å². The highest BCUT2D eigenvalue weighted by molar-refractivity contribution is 6.06. The molecule has 8 heteroatoms. The Morgan fingerprint density at radius 2 is 1.62 bits per heavy atom. The summed E-state index contributed by atoms with van der Waals surface area (Å²) in [6, 6.07) is 13.5. The third-order valence-corrected chi connectivity index (χ3v) is 4.81. The van der Waals surface area contributed by atoms with E-state index in [2.05, 4.69) is 15.6 Å². The molecule has 1 fully saturated rings. The molecule has 1 heterocycles. The van der Waals surface area contributed by atoms with E-state index in [0.717, 1.165) is 17.5 Å². The van der Waals surface area contributed by atoms with Gasteiger partial charge in [0.2, 0.25) is 11.8 Å². The summed E-state index contributed by atoms with van der Waals surface area (Å²) in [5.74, 6) is -1.89. The molecule has 0 saturated heterocycles. The Labute approximate surface area is 163 Å². The van der Waals surface area contributed by atoms with E-state index < -0.39 is 29.5 Å². The highest BCUT2D eigenvalue weighted by Gasteiger charge is 2.48. The van der Waals surface area contributed by atoms with Crippen molar-refractivity contribution in [3.05, 3.63) is 66.4 Å². The monoisotopic (exact) mass is 399 g/mol. The van der Waals surface area contributed by atoms with Crippen LogP contribution in [0.4, 0.5) is 24.5 Å². The van der Waals surface area contributed by atoms with Crippen LogP contribution in [0.3, 0.4) is 0 Å². The summed E-state index contributed by atoms with van der Waals surface area (Å²) < 4.78 is 38.4. The molecule has 3 aromatic rings. The number of hydrogen-bond acceptors (Lipinski definition) is 3. The highest BCUT2D eigenvalue weighted by atomic mass is 19.4. The third kappa shape index (κ3) is 4.06. The molecule has 2 aromatic carbocycles. The van der Waals surface area contributed by atoms with Crippen molar-refractivity contribution >= 4 is 34.1 Å². The molecule has 1 aliphatic rings. The van der Waals surface area contributed by atoms with Gasteiger partial charge >= 0.3 is 6.18 Å². The SMILES string of the molecule is O=C(Nc1cccc(C(F)(F)F)c1)C1CC1C(=O)Nc1cccc2cccnc12. The number of carbonyl (C=O) groups is 2. The van der Waals surface area contributed by atoms with Crippen molar-refractivity contribution < 1.29 is 22.8 Å². The average Bonchev–Trinajstić information content (AvgIpc) is 3.49. The van der Waals surface area contributed by atoms with Gasteiger partial charge in [-0.3, -0.25) is 14.6 Å². The average molecular weight is 399 g/mol. The first kappa shape index (κ1) is 18.9. The Bertz CT molecular complexity index is 1090. The van der Waals surface area contributed by atoms with Crippen molar-refractivity contribution in [1.82, 2.24) is 4.98 Å². The van der Waals surface area contributed by atoms with Crippen molar-refractivity contribution in [2.24, 2.45) is 11.8 Å². The van der Waals surface area contributed by atoms with Crippen LogP contribution in [0.2, 0.25) is 0 Å². The maximum Gasteiger partial charge on any atom is 0.416 e. The first-order valence-corrected chi connectivity index (χ1v) is 8.95. The van der Waals surface area contributed by atoms with Crippen molar-refractivity contribution in [3.8, 4) is 0 Å². The number of carbonyl (C=O) groups excluding carboxylic acids is 2. The molecule has 1 aliphatic carbocycles. The molecule has 5 nitrogen and oxygen atoms in total. The highest BCUT2D eigenvalue weighted by Crippen LogP contribution is 2.41. The van der Waals surface area contributed by atoms with E-state index in [1.54, 1.807) is 24.4 Å². The number of hydrogen-bond donors (Lipinski definition) is 2. The van der Waals surface area contributed by atoms with E-state index in [9.17, 15) is 22.8 Å². The zero-order valence-corrected chi connectivity index (χ0v) is 15.0. The molecule has 148 valence electrons. The summed E-state index contributed by atoms with van der Waals surface area (Å²) in [6.45, 7) is 0. The standard InChI is InChI=1S/C21H16F3N3O2/c22-21(23,24)13-6-2-7-14(10-13)26-19(28)15-11-16(15)20(29)27-17-8-1-4-12-5-3-9-25-18(12)17/h1-10,15-16H,11H2,(H,26,28)(H,27,29). The number of halogens is 3. The van der Waals surface area contributed by atoms with Gasteiger partial charge in [-0.05, 0) is 36.8 Å². The number of rotatable bonds is 4. The number of fused-ring (bicyclic) bond motifs is 1. The lowest BCUT2D eigenvalue weighted by atomic mass is 10.1. The topological polar surface area (TPSA) is 71.1 Å². The van der Waals surface area contributed by atoms with Crippen LogP contribution >= 0.6 is 0 Å². The normalized spacial score (nSPS) is 18.3. The van der Waals surface area contributed by atoms with E-state index in [1.165, 1.54) is 12.1 Å². The molecule has 0 spiro atoms. The van der Waals surface area contributed by atoms with Crippen LogP contribution < -0.4 is 10.6 Å². The number of nitrogens with one attached hydrogen (secondary N) is 2. The van der Waals surface area contributed by atoms with Gasteiger partial charge in [-0.1, -0.05) is 24.3 Å². The molecule has 2 atom stereocenters. The van der Waals surface area contributed by atoms with Gasteiger partial charge in [-0.15, -0.1) is 0 Å². The van der Waals surface area contributed by atoms with Gasteiger partial charge in [0.25, 0.3) is 0 Å². The van der Waals surface area contributed by atoms with Crippen molar-refractivity contribution in [1.29, 1.82) is 0 Å². The zero-order valence-electron chi connectivity index (χ0n) is 15.0. The van der Waals surface area contributed by atoms with E-state index in [-0.39, 0.29) is 11.6 Å². The second-order valence-corrected chi connectivity index (χ2v) is 6.89. The lowest BCUT2D eigenvalue weighted by molar-refractivity contribution is -0.137. The minimum atomic E-state index is -4.49. The van der Waals surface area contributed by atoms with Gasteiger partial charge in [-0.2, -0.15) is 13.2 Å². The van der Waals surface area contributed by atoms with Crippen LogP contribution in [0.5, 0.6) is 0 Å². The Balaban J connectivity index is 1.40. The van der Waals surface area contributed by atoms with Crippen molar-refractivity contribution in [3.63, 3.8) is 0 Å². The minimum absolute atomic E-state index is 0.0501. The molecule has 2 unspecified atom stereocenters. The molecule has 2 amide bonds. The molecule has 4 rings (SSSR count). The number of pyridine rings is 1. The number of anilines is 2. The molecule has 0 bridgehead atoms. The predicted molar refractivity (Wildman–Crippen MR) is 102 cm³/mol. The number of benzene rings is 2. The first-order chi connectivity index (χ1) is 13.8. The van der Waals surface area contributed by atoms with Gasteiger partial charge in [0, 0.05) is 17.3 Å². The van der Waals surface area contributed by atoms with Crippen LogP contribution in [0.15, 0.2) is 60.8 Å². The number of aromatic nitrogens is 1. The minimum Gasteiger partial charge on any atom is -0.326 e. The summed E-state index contributed by atoms with van der Waals surface area (Å²) in [5, 5.41) is 6.13. The fraction of sp³-hybridized carbons (Fsp3) is 0.190. The van der Waals surface area contributed by atoms with E-state index in [1.807, 2.05) is 12.1 Å². The summed E-state index contributed by atoms with van der Waals surface area (Å²) in [5.41, 5.74) is 0.406. The largest absolute Gasteiger partial charge is 0.416 e. The van der Waals surface area contributed by atoms with Crippen molar-refractivity contribution in [2.45, 2.75) is 12.6 Å². The summed E-state index contributed by atoms with van der Waals surface area (Å²) >= 11 is 0. The lowest BCUT2D eigenvalue weighted by Gasteiger charge is -2.10. The smallest absolute Gasteiger partial charge is 0.326 e. The van der Waals surface area contributed by atoms with Crippen LogP contribution in [0, 0.1) is 11.8 Å². The van der Waals surface area contributed by atoms with Crippen LogP contribution in [-0.2, 0) is 15.8 Å². The van der Waals surface area contributed by atoms with Gasteiger partial charge in [0.15, 0.2) is 0 Å². The molecule has 0 aliphatic heterocycles. The maximum absolute atomic E-state index is 12.8. The third-order valence-electron chi connectivity index (χ3n) is 4.81. The second-order valence-electron chi connectivity index (χ2n) is 6.89. The van der Waals surface area contributed by atoms with E-state index in [0.29, 0.717) is 17.6 Å². The first-order valence-electron chi connectivity index (χ1n) is 8.95. The molecule has 29 heavy (non-hydrogen) atoms. The van der Waals surface area contributed by atoms with Gasteiger partial charge in [-0.25, -0.2) is 0 Å². The summed E-state index contributed by atoms with van der Waals surface area (Å²) in [7, 11) is 0. The molecule has 1 aromatic heterocycles. The number of amides is 2. The Morgan fingerprint density at radius 3 is 2.38 bits per heavy atom. The Kier molecular flexibility index (Phi) is 4.70. The second kappa shape index (κ2) is 7.20.